The highest BCUT2D eigenvalue weighted by Gasteiger charge is 2.74. The predicted molar refractivity (Wildman–Crippen MR) is 145 cm³/mol. The highest BCUT2D eigenvalue weighted by atomic mass is 79.9. The van der Waals surface area contributed by atoms with Gasteiger partial charge in [-0.1, -0.05) is 51.8 Å². The van der Waals surface area contributed by atoms with Crippen LogP contribution in [0.5, 0.6) is 0 Å². The van der Waals surface area contributed by atoms with Crippen molar-refractivity contribution < 1.29 is 24.5 Å². The van der Waals surface area contributed by atoms with Crippen molar-refractivity contribution in [1.82, 2.24) is 0 Å². The van der Waals surface area contributed by atoms with Gasteiger partial charge in [-0.3, -0.25) is 24.1 Å². The number of quaternary nitrogens is 1. The lowest BCUT2D eigenvalue weighted by atomic mass is 9.76. The number of nitrogens with one attached hydrogen (secondary N) is 1. The minimum absolute atomic E-state index is 0.205. The minimum Gasteiger partial charge on any atom is -0.326 e. The van der Waals surface area contributed by atoms with Gasteiger partial charge in [0.05, 0.1) is 17.4 Å². The maximum Gasteiger partial charge on any atom is 0.294 e. The van der Waals surface area contributed by atoms with Crippen LogP contribution < -0.4 is 20.4 Å². The van der Waals surface area contributed by atoms with Gasteiger partial charge in [-0.25, -0.2) is 4.90 Å². The molecule has 0 saturated carbocycles. The number of rotatable bonds is 4. The smallest absolute Gasteiger partial charge is 0.294 e. The Kier molecular flexibility index (Phi) is 5.73. The summed E-state index contributed by atoms with van der Waals surface area (Å²) in [6, 6.07) is 21.3. The number of carbonyl (C=O) groups is 4. The molecule has 2 saturated heterocycles. The summed E-state index contributed by atoms with van der Waals surface area (Å²) >= 11 is 3.39. The zero-order valence-corrected chi connectivity index (χ0v) is 22.4. The largest absolute Gasteiger partial charge is 0.326 e. The Bertz CT molecular complexity index is 1490. The van der Waals surface area contributed by atoms with Crippen molar-refractivity contribution in [3.8, 4) is 0 Å². The standard InChI is InChI=1S/C29H25BrN4O4/c1-16-7-11-19(12-8-16)31-23(35)15-33-22-6-4-3-5-21(22)29(28(33)38)25-24(17(2)32-29)26(36)34(27(25)37)20-13-9-18(30)10-14-20/h3-14,17,24-25,32H,15H2,1-2H3,(H,31,35)/p+1/t17-,24+,25+,29-/m0/s1. The zero-order chi connectivity index (χ0) is 26.8. The van der Waals surface area contributed by atoms with E-state index < -0.39 is 23.3 Å². The van der Waals surface area contributed by atoms with E-state index in [0.29, 0.717) is 22.6 Å². The molecule has 8 nitrogen and oxygen atoms in total. The van der Waals surface area contributed by atoms with E-state index in [4.69, 9.17) is 0 Å². The summed E-state index contributed by atoms with van der Waals surface area (Å²) in [6.45, 7) is 3.64. The van der Waals surface area contributed by atoms with Gasteiger partial charge in [-0.05, 0) is 56.3 Å². The normalized spacial score (nSPS) is 25.8. The van der Waals surface area contributed by atoms with Crippen molar-refractivity contribution in [1.29, 1.82) is 0 Å². The Morgan fingerprint density at radius 2 is 1.66 bits per heavy atom. The van der Waals surface area contributed by atoms with Crippen molar-refractivity contribution in [2.75, 3.05) is 21.7 Å². The summed E-state index contributed by atoms with van der Waals surface area (Å²) in [5.74, 6) is -2.93. The monoisotopic (exact) mass is 573 g/mol. The van der Waals surface area contributed by atoms with Crippen LogP contribution in [0.25, 0.3) is 0 Å². The molecule has 0 radical (unpaired) electrons. The summed E-state index contributed by atoms with van der Waals surface area (Å²) in [7, 11) is 0. The van der Waals surface area contributed by atoms with Gasteiger partial charge in [0.25, 0.3) is 5.91 Å². The molecule has 0 unspecified atom stereocenters. The molecule has 6 rings (SSSR count). The lowest BCUT2D eigenvalue weighted by Gasteiger charge is -2.27. The first kappa shape index (κ1) is 24.5. The predicted octanol–water partition coefficient (Wildman–Crippen LogP) is 2.71. The summed E-state index contributed by atoms with van der Waals surface area (Å²) in [4.78, 5) is 57.6. The number of nitrogens with two attached hydrogens (primary N) is 1. The van der Waals surface area contributed by atoms with Crippen LogP contribution in [0, 0.1) is 18.8 Å². The number of amides is 4. The van der Waals surface area contributed by atoms with E-state index in [1.54, 1.807) is 30.3 Å². The number of imide groups is 1. The van der Waals surface area contributed by atoms with Gasteiger partial charge < -0.3 is 10.6 Å². The molecular weight excluding hydrogens is 548 g/mol. The van der Waals surface area contributed by atoms with Crippen LogP contribution >= 0.6 is 15.9 Å². The van der Waals surface area contributed by atoms with Crippen molar-refractivity contribution in [2.24, 2.45) is 11.8 Å². The summed E-state index contributed by atoms with van der Waals surface area (Å²) in [5.41, 5.74) is 2.11. The molecule has 3 aliphatic heterocycles. The number of nitrogens with zero attached hydrogens (tertiary/aromatic N) is 2. The van der Waals surface area contributed by atoms with Crippen molar-refractivity contribution in [3.63, 3.8) is 0 Å². The molecule has 192 valence electrons. The van der Waals surface area contributed by atoms with Gasteiger partial charge in [0, 0.05) is 15.7 Å². The molecule has 9 heteroatoms. The number of carbonyl (C=O) groups excluding carboxylic acids is 4. The van der Waals surface area contributed by atoms with E-state index in [9.17, 15) is 19.2 Å². The van der Waals surface area contributed by atoms with Gasteiger partial charge >= 0.3 is 0 Å². The Morgan fingerprint density at radius 3 is 2.37 bits per heavy atom. The van der Waals surface area contributed by atoms with Crippen LogP contribution in [0.2, 0.25) is 0 Å². The number of fused-ring (bicyclic) bond motifs is 4. The number of benzene rings is 3. The highest BCUT2D eigenvalue weighted by Crippen LogP contribution is 2.51. The molecule has 3 aliphatic rings. The zero-order valence-electron chi connectivity index (χ0n) is 20.9. The summed E-state index contributed by atoms with van der Waals surface area (Å²) < 4.78 is 0.832. The van der Waals surface area contributed by atoms with E-state index in [0.717, 1.165) is 10.0 Å². The second kappa shape index (κ2) is 8.89. The first-order valence-corrected chi connectivity index (χ1v) is 13.3. The van der Waals surface area contributed by atoms with Crippen LogP contribution in [0.1, 0.15) is 18.1 Å². The minimum atomic E-state index is -1.32. The maximum absolute atomic E-state index is 14.3. The molecule has 3 aromatic carbocycles. The SMILES string of the molecule is Cc1ccc(NC(=O)CN2C(=O)[C@]3([NH2+][C@@H](C)[C@H]4C(=O)N(c5ccc(Br)cc5)C(=O)[C@@H]43)c3ccccc32)cc1. The Morgan fingerprint density at radius 1 is 0.974 bits per heavy atom. The second-order valence-corrected chi connectivity index (χ2v) is 11.1. The van der Waals surface area contributed by atoms with E-state index in [2.05, 4.69) is 21.2 Å². The van der Waals surface area contributed by atoms with Crippen LogP contribution in [0.15, 0.2) is 77.3 Å². The fraction of sp³-hybridized carbons (Fsp3) is 0.241. The summed E-state index contributed by atoms with van der Waals surface area (Å²) in [6.07, 6.45) is 0. The van der Waals surface area contributed by atoms with Gasteiger partial charge in [0.15, 0.2) is 0 Å². The Labute approximate surface area is 228 Å². The fourth-order valence-electron chi connectivity index (χ4n) is 6.27. The molecule has 3 heterocycles. The molecular formula is C29H26BrN4O4+. The number of hydrogen-bond acceptors (Lipinski definition) is 4. The van der Waals surface area contributed by atoms with Crippen molar-refractivity contribution in [2.45, 2.75) is 25.4 Å². The molecule has 0 aliphatic carbocycles. The first-order chi connectivity index (χ1) is 18.2. The second-order valence-electron chi connectivity index (χ2n) is 10.2. The molecule has 3 aromatic rings. The Balaban J connectivity index is 1.36. The average Bonchev–Trinajstić information content (AvgIpc) is 3.44. The molecule has 0 aromatic heterocycles. The molecule has 4 atom stereocenters. The maximum atomic E-state index is 14.3. The molecule has 38 heavy (non-hydrogen) atoms. The lowest BCUT2D eigenvalue weighted by Crippen LogP contribution is -2.98. The topological polar surface area (TPSA) is 103 Å². The number of para-hydroxylation sites is 1. The average molecular weight is 574 g/mol. The molecule has 1 spiro atoms. The lowest BCUT2D eigenvalue weighted by molar-refractivity contribution is -0.730. The number of aryl methyl sites for hydroxylation is 1. The quantitative estimate of drug-likeness (QED) is 0.468. The van der Waals surface area contributed by atoms with Gasteiger partial charge in [0.2, 0.25) is 23.3 Å². The van der Waals surface area contributed by atoms with Crippen molar-refractivity contribution >= 4 is 56.6 Å². The third-order valence-electron chi connectivity index (χ3n) is 7.90. The van der Waals surface area contributed by atoms with E-state index in [-0.39, 0.29) is 30.3 Å². The molecule has 3 N–H and O–H groups in total. The van der Waals surface area contributed by atoms with Crippen LogP contribution in [-0.2, 0) is 24.7 Å². The molecule has 4 amide bonds. The van der Waals surface area contributed by atoms with Gasteiger partial charge in [0.1, 0.15) is 18.4 Å². The van der Waals surface area contributed by atoms with E-state index >= 15 is 0 Å². The number of hydrogen-bond donors (Lipinski definition) is 2. The van der Waals surface area contributed by atoms with Crippen LogP contribution in [0.4, 0.5) is 17.1 Å². The van der Waals surface area contributed by atoms with E-state index in [1.807, 2.05) is 61.6 Å². The molecule has 0 bridgehead atoms. The fourth-order valence-corrected chi connectivity index (χ4v) is 6.54. The van der Waals surface area contributed by atoms with Gasteiger partial charge in [-0.15, -0.1) is 0 Å². The number of halogens is 1. The third-order valence-corrected chi connectivity index (χ3v) is 8.42. The van der Waals surface area contributed by atoms with Crippen LogP contribution in [0.3, 0.4) is 0 Å². The first-order valence-electron chi connectivity index (χ1n) is 12.5. The highest BCUT2D eigenvalue weighted by molar-refractivity contribution is 9.10. The molecule has 2 fully saturated rings. The number of anilines is 3. The third kappa shape index (κ3) is 3.53. The van der Waals surface area contributed by atoms with Crippen molar-refractivity contribution in [3.05, 3.63) is 88.4 Å². The van der Waals surface area contributed by atoms with Gasteiger partial charge in [-0.2, -0.15) is 0 Å². The van der Waals surface area contributed by atoms with E-state index in [1.165, 1.54) is 9.80 Å². The Hall–Kier alpha value is -3.82. The van der Waals surface area contributed by atoms with Crippen LogP contribution in [-0.4, -0.2) is 36.2 Å². The summed E-state index contributed by atoms with van der Waals surface area (Å²) in [5, 5.41) is 4.71.